The third kappa shape index (κ3) is 4.38. The molecule has 3 aromatic rings. The molecule has 2 aromatic carbocycles. The van der Waals surface area contributed by atoms with Gasteiger partial charge in [0.1, 0.15) is 12.3 Å². The number of carbonyl (C=O) groups excluding carboxylic acids is 2. The fourth-order valence-electron chi connectivity index (χ4n) is 2.42. The Kier molecular flexibility index (Phi) is 5.75. The van der Waals surface area contributed by atoms with Gasteiger partial charge in [0.2, 0.25) is 0 Å². The van der Waals surface area contributed by atoms with Crippen LogP contribution in [0.2, 0.25) is 5.02 Å². The van der Waals surface area contributed by atoms with Crippen LogP contribution in [0.15, 0.2) is 58.1 Å². The molecule has 0 bridgehead atoms. The second-order valence-corrected chi connectivity index (χ2v) is 6.10. The van der Waals surface area contributed by atoms with Gasteiger partial charge in [-0.2, -0.15) is 0 Å². The number of para-hydroxylation sites is 1. The Morgan fingerprint density at radius 1 is 0.964 bits per heavy atom. The number of hydrazine groups is 1. The Bertz CT molecular complexity index is 1150. The van der Waals surface area contributed by atoms with E-state index in [-0.39, 0.29) is 17.4 Å². The van der Waals surface area contributed by atoms with E-state index in [4.69, 9.17) is 16.3 Å². The van der Waals surface area contributed by atoms with Crippen LogP contribution in [0.4, 0.5) is 0 Å². The van der Waals surface area contributed by atoms with Crippen molar-refractivity contribution >= 4 is 34.2 Å². The van der Waals surface area contributed by atoms with Gasteiger partial charge in [-0.15, -0.1) is 0 Å². The quantitative estimate of drug-likeness (QED) is 0.538. The van der Waals surface area contributed by atoms with E-state index < -0.39 is 29.5 Å². The number of benzene rings is 2. The molecule has 3 N–H and O–H groups in total. The minimum atomic E-state index is -0.709. The van der Waals surface area contributed by atoms with E-state index in [0.717, 1.165) is 4.68 Å². The molecule has 0 atom stereocenters. The highest BCUT2D eigenvalue weighted by Crippen LogP contribution is 2.22. The maximum Gasteiger partial charge on any atom is 0.276 e. The van der Waals surface area contributed by atoms with Crippen LogP contribution in [0.25, 0.3) is 10.8 Å². The van der Waals surface area contributed by atoms with E-state index in [9.17, 15) is 19.2 Å². The molecule has 0 aliphatic heterocycles. The molecular weight excluding hydrogens is 388 g/mol. The van der Waals surface area contributed by atoms with Crippen LogP contribution in [0.5, 0.6) is 5.75 Å². The Morgan fingerprint density at radius 2 is 1.61 bits per heavy atom. The molecule has 0 fully saturated rings. The molecule has 0 unspecified atom stereocenters. The van der Waals surface area contributed by atoms with Crippen molar-refractivity contribution in [3.05, 3.63) is 74.3 Å². The summed E-state index contributed by atoms with van der Waals surface area (Å²) in [6.07, 6.45) is 0. The normalized spacial score (nSPS) is 10.5. The average molecular weight is 403 g/mol. The number of amides is 2. The van der Waals surface area contributed by atoms with E-state index in [1.54, 1.807) is 36.4 Å². The number of halogens is 1. The minimum Gasteiger partial charge on any atom is -0.482 e. The van der Waals surface area contributed by atoms with Crippen molar-refractivity contribution < 1.29 is 14.3 Å². The van der Waals surface area contributed by atoms with Gasteiger partial charge in [0, 0.05) is 0 Å². The number of aromatic nitrogens is 2. The number of nitrogens with zero attached hydrogens (tertiary/aromatic N) is 1. The lowest BCUT2D eigenvalue weighted by atomic mass is 10.2. The maximum absolute atomic E-state index is 12.3. The highest BCUT2D eigenvalue weighted by molar-refractivity contribution is 6.32. The van der Waals surface area contributed by atoms with Gasteiger partial charge in [-0.25, -0.2) is 4.68 Å². The molecule has 144 valence electrons. The zero-order valence-electron chi connectivity index (χ0n) is 14.4. The van der Waals surface area contributed by atoms with Gasteiger partial charge in [-0.3, -0.25) is 35.1 Å². The Labute approximate surface area is 162 Å². The number of H-pyrrole nitrogens is 1. The lowest BCUT2D eigenvalue weighted by molar-refractivity contribution is -0.130. The summed E-state index contributed by atoms with van der Waals surface area (Å²) in [5, 5.41) is 3.09. The van der Waals surface area contributed by atoms with Crippen LogP contribution in [0.3, 0.4) is 0 Å². The second kappa shape index (κ2) is 8.40. The van der Waals surface area contributed by atoms with Crippen LogP contribution in [0, 0.1) is 0 Å². The van der Waals surface area contributed by atoms with Gasteiger partial charge in [-0.1, -0.05) is 35.9 Å². The number of nitrogens with one attached hydrogen (secondary N) is 3. The van der Waals surface area contributed by atoms with Crippen molar-refractivity contribution in [1.29, 1.82) is 0 Å². The number of rotatable bonds is 5. The number of aromatic amines is 1. The summed E-state index contributed by atoms with van der Waals surface area (Å²) in [5.41, 5.74) is 3.26. The van der Waals surface area contributed by atoms with E-state index in [0.29, 0.717) is 10.8 Å². The lowest BCUT2D eigenvalue weighted by Gasteiger charge is -2.10. The largest absolute Gasteiger partial charge is 0.482 e. The van der Waals surface area contributed by atoms with Crippen LogP contribution in [0.1, 0.15) is 0 Å². The standard InChI is InChI=1S/C18H15ClN4O5/c19-13-7-3-4-8-14(13)28-10-16(25)21-20-15(24)9-23-18(27)12-6-2-1-5-11(12)17(26)22-23/h1-8H,9-10H2,(H,20,24)(H,21,25)(H,22,26). The Hall–Kier alpha value is -3.59. The van der Waals surface area contributed by atoms with Crippen LogP contribution in [-0.4, -0.2) is 28.2 Å². The summed E-state index contributed by atoms with van der Waals surface area (Å²) in [6.45, 7) is -0.860. The fourth-order valence-corrected chi connectivity index (χ4v) is 2.61. The molecule has 10 heteroatoms. The highest BCUT2D eigenvalue weighted by atomic mass is 35.5. The van der Waals surface area contributed by atoms with Crippen molar-refractivity contribution in [2.45, 2.75) is 6.54 Å². The van der Waals surface area contributed by atoms with Gasteiger partial charge in [0.15, 0.2) is 6.61 Å². The average Bonchev–Trinajstić information content (AvgIpc) is 2.69. The number of hydrogen-bond donors (Lipinski definition) is 3. The fraction of sp³-hybridized carbons (Fsp3) is 0.111. The maximum atomic E-state index is 12.3. The van der Waals surface area contributed by atoms with Crippen LogP contribution in [-0.2, 0) is 16.1 Å². The molecule has 28 heavy (non-hydrogen) atoms. The number of ether oxygens (including phenoxy) is 1. The topological polar surface area (TPSA) is 122 Å². The van der Waals surface area contributed by atoms with E-state index in [1.165, 1.54) is 12.1 Å². The molecule has 1 heterocycles. The first-order valence-corrected chi connectivity index (χ1v) is 8.50. The third-order valence-electron chi connectivity index (χ3n) is 3.72. The molecule has 0 aliphatic rings. The van der Waals surface area contributed by atoms with Crippen LogP contribution >= 0.6 is 11.6 Å². The molecule has 0 radical (unpaired) electrons. The van der Waals surface area contributed by atoms with E-state index in [1.807, 2.05) is 0 Å². The van der Waals surface area contributed by atoms with Crippen molar-refractivity contribution in [1.82, 2.24) is 20.6 Å². The Balaban J connectivity index is 1.57. The number of hydrogen-bond acceptors (Lipinski definition) is 5. The summed E-state index contributed by atoms with van der Waals surface area (Å²) < 4.78 is 6.10. The third-order valence-corrected chi connectivity index (χ3v) is 4.03. The van der Waals surface area contributed by atoms with Crippen molar-refractivity contribution in [3.63, 3.8) is 0 Å². The summed E-state index contributed by atoms with van der Waals surface area (Å²) in [6, 6.07) is 12.9. The summed E-state index contributed by atoms with van der Waals surface area (Å²) >= 11 is 5.91. The van der Waals surface area contributed by atoms with Gasteiger partial charge >= 0.3 is 0 Å². The van der Waals surface area contributed by atoms with Crippen molar-refractivity contribution in [3.8, 4) is 5.75 Å². The summed E-state index contributed by atoms with van der Waals surface area (Å²) in [5.74, 6) is -1.02. The zero-order valence-corrected chi connectivity index (χ0v) is 15.2. The molecule has 0 spiro atoms. The zero-order chi connectivity index (χ0) is 20.1. The van der Waals surface area contributed by atoms with Gasteiger partial charge < -0.3 is 4.74 Å². The predicted octanol–water partition coefficient (Wildman–Crippen LogP) is 0.570. The molecule has 3 rings (SSSR count). The lowest BCUT2D eigenvalue weighted by Crippen LogP contribution is -2.46. The molecule has 9 nitrogen and oxygen atoms in total. The molecule has 1 aromatic heterocycles. The predicted molar refractivity (Wildman–Crippen MR) is 102 cm³/mol. The van der Waals surface area contributed by atoms with Gasteiger partial charge in [0.05, 0.1) is 15.8 Å². The van der Waals surface area contributed by atoms with Crippen molar-refractivity contribution in [2.75, 3.05) is 6.61 Å². The second-order valence-electron chi connectivity index (χ2n) is 5.69. The molecular formula is C18H15ClN4O5. The van der Waals surface area contributed by atoms with E-state index in [2.05, 4.69) is 16.0 Å². The van der Waals surface area contributed by atoms with Crippen LogP contribution < -0.4 is 26.7 Å². The van der Waals surface area contributed by atoms with E-state index >= 15 is 0 Å². The first-order valence-electron chi connectivity index (χ1n) is 8.12. The monoisotopic (exact) mass is 402 g/mol. The number of carbonyl (C=O) groups is 2. The molecule has 2 amide bonds. The highest BCUT2D eigenvalue weighted by Gasteiger charge is 2.11. The smallest absolute Gasteiger partial charge is 0.276 e. The first kappa shape index (κ1) is 19.2. The Morgan fingerprint density at radius 3 is 2.36 bits per heavy atom. The number of fused-ring (bicyclic) bond motifs is 1. The molecule has 0 saturated heterocycles. The first-order chi connectivity index (χ1) is 13.5. The molecule has 0 saturated carbocycles. The summed E-state index contributed by atoms with van der Waals surface area (Å²) in [7, 11) is 0. The van der Waals surface area contributed by atoms with Gasteiger partial charge in [0.25, 0.3) is 22.9 Å². The minimum absolute atomic E-state index is 0.191. The van der Waals surface area contributed by atoms with Gasteiger partial charge in [-0.05, 0) is 24.3 Å². The summed E-state index contributed by atoms with van der Waals surface area (Å²) in [4.78, 5) is 48.1. The van der Waals surface area contributed by atoms with Crippen molar-refractivity contribution in [2.24, 2.45) is 0 Å². The molecule has 0 aliphatic carbocycles. The SMILES string of the molecule is O=C(COc1ccccc1Cl)NNC(=O)Cn1[nH]c(=O)c2ccccc2c1=O.